The molecule has 1 N–H and O–H groups in total. The summed E-state index contributed by atoms with van der Waals surface area (Å²) in [5.74, 6) is -11.5. The summed E-state index contributed by atoms with van der Waals surface area (Å²) in [4.78, 5) is 11.8. The lowest BCUT2D eigenvalue weighted by Crippen LogP contribution is -2.25. The Morgan fingerprint density at radius 3 is 1.83 bits per heavy atom. The Hall–Kier alpha value is -3.97. The fourth-order valence-corrected chi connectivity index (χ4v) is 6.13. The van der Waals surface area contributed by atoms with Crippen molar-refractivity contribution in [1.82, 2.24) is 0 Å². The van der Waals surface area contributed by atoms with Gasteiger partial charge < -0.3 is 9.82 Å². The average Bonchev–Trinajstić information content (AvgIpc) is 2.93. The van der Waals surface area contributed by atoms with E-state index in [9.17, 15) is 31.3 Å². The first-order valence-corrected chi connectivity index (χ1v) is 12.1. The summed E-state index contributed by atoms with van der Waals surface area (Å²) in [6.45, 7) is 0. The molecule has 0 aliphatic carbocycles. The molecule has 0 aliphatic heterocycles. The molecule has 10 heteroatoms. The molecule has 0 saturated heterocycles. The van der Waals surface area contributed by atoms with Crippen LogP contribution >= 0.6 is 7.29 Å². The van der Waals surface area contributed by atoms with Crippen LogP contribution in [-0.2, 0) is 9.30 Å². The number of methoxy groups -OCH3 is 1. The van der Waals surface area contributed by atoms with E-state index in [1.807, 2.05) is 0 Å². The first kappa shape index (κ1) is 25.1. The first-order chi connectivity index (χ1) is 17.2. The van der Waals surface area contributed by atoms with Crippen LogP contribution in [0.25, 0.3) is 11.1 Å². The van der Waals surface area contributed by atoms with Gasteiger partial charge >= 0.3 is 5.97 Å². The van der Waals surface area contributed by atoms with Crippen LogP contribution in [0.1, 0.15) is 10.4 Å². The van der Waals surface area contributed by atoms with Gasteiger partial charge in [0, 0.05) is 10.6 Å². The van der Waals surface area contributed by atoms with Crippen molar-refractivity contribution in [3.63, 3.8) is 0 Å². The van der Waals surface area contributed by atoms with Gasteiger partial charge in [-0.25, -0.2) is 26.7 Å². The van der Waals surface area contributed by atoms with Crippen LogP contribution < -0.4 is 15.7 Å². The maximum atomic E-state index is 14.6. The second-order valence-corrected chi connectivity index (χ2v) is 10.0. The highest BCUT2D eigenvalue weighted by Crippen LogP contribution is 2.47. The second-order valence-electron chi connectivity index (χ2n) is 7.59. The van der Waals surface area contributed by atoms with Gasteiger partial charge in [-0.05, 0) is 41.5 Å². The molecule has 0 bridgehead atoms. The quantitative estimate of drug-likeness (QED) is 0.109. The molecule has 36 heavy (non-hydrogen) atoms. The number of carbonyl (C=O) groups is 1. The van der Waals surface area contributed by atoms with Crippen molar-refractivity contribution in [3.05, 3.63) is 114 Å². The molecule has 4 aromatic rings. The first-order valence-electron chi connectivity index (χ1n) is 10.4. The predicted molar refractivity (Wildman–Crippen MR) is 126 cm³/mol. The number of ether oxygens (including phenoxy) is 1. The van der Waals surface area contributed by atoms with Crippen LogP contribution in [0, 0.1) is 29.1 Å². The molecule has 0 amide bonds. The molecule has 1 unspecified atom stereocenters. The summed E-state index contributed by atoms with van der Waals surface area (Å²) in [6.07, 6.45) is 0. The van der Waals surface area contributed by atoms with Crippen LogP contribution in [0.4, 0.5) is 27.6 Å². The zero-order valence-corrected chi connectivity index (χ0v) is 19.5. The second kappa shape index (κ2) is 9.95. The molecule has 4 nitrogen and oxygen atoms in total. The summed E-state index contributed by atoms with van der Waals surface area (Å²) in [5, 5.41) is 2.28. The fraction of sp³-hybridized carbons (Fsp3) is 0.0385. The lowest BCUT2D eigenvalue weighted by Gasteiger charge is -2.25. The van der Waals surface area contributed by atoms with E-state index >= 15 is 0 Å². The molecule has 0 aromatic heterocycles. The number of hydrogen-bond acceptors (Lipinski definition) is 3. The number of carbonyl (C=O) groups excluding carboxylic acids is 1. The summed E-state index contributed by atoms with van der Waals surface area (Å²) < 4.78 is 89.9. The number of hydrogen-bond donors (Lipinski definition) is 1. The van der Waals surface area contributed by atoms with Crippen molar-refractivity contribution >= 4 is 29.6 Å². The van der Waals surface area contributed by atoms with Crippen LogP contribution in [-0.4, -0.2) is 13.1 Å². The van der Waals surface area contributed by atoms with Crippen molar-refractivity contribution in [3.8, 4) is 11.1 Å². The minimum atomic E-state index is -4.27. The topological polar surface area (TPSA) is 55.4 Å². The number of halogens is 5. The molecule has 184 valence electrons. The van der Waals surface area contributed by atoms with E-state index in [-0.39, 0.29) is 16.2 Å². The molecule has 4 rings (SSSR count). The van der Waals surface area contributed by atoms with Gasteiger partial charge in [-0.1, -0.05) is 48.5 Å². The zero-order chi connectivity index (χ0) is 26.0. The van der Waals surface area contributed by atoms with Crippen molar-refractivity contribution in [2.75, 3.05) is 12.2 Å². The van der Waals surface area contributed by atoms with Gasteiger partial charge in [-0.2, -0.15) is 0 Å². The lowest BCUT2D eigenvalue weighted by atomic mass is 10.0. The third-order valence-corrected chi connectivity index (χ3v) is 8.09. The number of esters is 1. The normalized spacial score (nSPS) is 12.6. The highest BCUT2D eigenvalue weighted by molar-refractivity contribution is 7.80. The van der Waals surface area contributed by atoms with Crippen molar-refractivity contribution < 1.29 is 36.0 Å². The molecule has 0 spiro atoms. The van der Waals surface area contributed by atoms with Crippen molar-refractivity contribution in [2.45, 2.75) is 0 Å². The molecule has 4 aromatic carbocycles. The summed E-state index contributed by atoms with van der Waals surface area (Å²) in [5.41, 5.74) is -0.329. The van der Waals surface area contributed by atoms with E-state index in [0.717, 1.165) is 0 Å². The van der Waals surface area contributed by atoms with E-state index in [4.69, 9.17) is 0 Å². The Morgan fingerprint density at radius 1 is 0.722 bits per heavy atom. The Kier molecular flexibility index (Phi) is 6.95. The highest BCUT2D eigenvalue weighted by atomic mass is 31.2. The number of rotatable bonds is 6. The molecular weight excluding hydrogens is 500 g/mol. The maximum Gasteiger partial charge on any atom is 0.337 e. The average molecular weight is 517 g/mol. The number of benzene rings is 4. The van der Waals surface area contributed by atoms with Gasteiger partial charge in [-0.15, -0.1) is 0 Å². The molecule has 0 aliphatic rings. The van der Waals surface area contributed by atoms with Crippen LogP contribution in [0.3, 0.4) is 0 Å². The minimum absolute atomic E-state index is 0.0472. The van der Waals surface area contributed by atoms with Gasteiger partial charge in [-0.3, -0.25) is 4.57 Å². The molecular formula is C26H17F5NO3P. The summed E-state index contributed by atoms with van der Waals surface area (Å²) in [6, 6.07) is 19.7. The maximum absolute atomic E-state index is 14.6. The third kappa shape index (κ3) is 4.38. The molecule has 0 heterocycles. The van der Waals surface area contributed by atoms with E-state index < -0.39 is 48.0 Å². The molecule has 0 saturated carbocycles. The van der Waals surface area contributed by atoms with Crippen molar-refractivity contribution in [1.29, 1.82) is 0 Å². The monoisotopic (exact) mass is 517 g/mol. The van der Waals surface area contributed by atoms with E-state index in [2.05, 4.69) is 9.82 Å². The molecule has 0 fully saturated rings. The van der Waals surface area contributed by atoms with Gasteiger partial charge in [0.2, 0.25) is 13.1 Å². The third-order valence-electron chi connectivity index (χ3n) is 5.46. The highest BCUT2D eigenvalue weighted by Gasteiger charge is 2.35. The smallest absolute Gasteiger partial charge is 0.337 e. The Morgan fingerprint density at radius 2 is 1.25 bits per heavy atom. The van der Waals surface area contributed by atoms with E-state index in [1.54, 1.807) is 30.3 Å². The van der Waals surface area contributed by atoms with Gasteiger partial charge in [0.1, 0.15) is 5.69 Å². The lowest BCUT2D eigenvalue weighted by molar-refractivity contribution is 0.0600. The Labute approximate surface area is 202 Å². The summed E-state index contributed by atoms with van der Waals surface area (Å²) in [7, 11) is -3.04. The fourth-order valence-electron chi connectivity index (χ4n) is 3.66. The number of nitrogens with one attached hydrogen (secondary N) is 1. The van der Waals surface area contributed by atoms with E-state index in [1.165, 1.54) is 55.6 Å². The van der Waals surface area contributed by atoms with Crippen LogP contribution in [0.5, 0.6) is 0 Å². The largest absolute Gasteiger partial charge is 0.465 e. The SMILES string of the molecule is COC(=O)c1ccc(-c2ccccc2P(=O)(Nc2c(F)c(F)c(F)c(F)c2F)c2ccccc2)cc1. The van der Waals surface area contributed by atoms with Gasteiger partial charge in [0.25, 0.3) is 0 Å². The summed E-state index contributed by atoms with van der Waals surface area (Å²) >= 11 is 0. The zero-order valence-electron chi connectivity index (χ0n) is 18.6. The van der Waals surface area contributed by atoms with Crippen LogP contribution in [0.15, 0.2) is 78.9 Å². The Bertz CT molecular complexity index is 1460. The molecule has 1 atom stereocenters. The predicted octanol–water partition coefficient (Wildman–Crippen LogP) is 6.18. The standard InChI is InChI=1S/C26H17F5NO3P/c1-35-26(33)16-13-11-15(12-14-16)18-9-5-6-10-19(18)36(34,17-7-3-2-4-8-17)32-25-23(30)21(28)20(27)22(29)24(25)31/h2-14H,1H3,(H,32,34). The minimum Gasteiger partial charge on any atom is -0.465 e. The number of anilines is 1. The van der Waals surface area contributed by atoms with Crippen LogP contribution in [0.2, 0.25) is 0 Å². The Balaban J connectivity index is 1.94. The van der Waals surface area contributed by atoms with E-state index in [0.29, 0.717) is 11.1 Å². The van der Waals surface area contributed by atoms with Crippen molar-refractivity contribution in [2.24, 2.45) is 0 Å². The molecule has 0 radical (unpaired) electrons. The van der Waals surface area contributed by atoms with Gasteiger partial charge in [0.15, 0.2) is 23.3 Å². The van der Waals surface area contributed by atoms with Gasteiger partial charge in [0.05, 0.1) is 12.7 Å².